The average molecular weight is 379 g/mol. The van der Waals surface area contributed by atoms with Crippen molar-refractivity contribution in [1.82, 2.24) is 9.80 Å². The van der Waals surface area contributed by atoms with Crippen LogP contribution in [0, 0.1) is 6.92 Å². The van der Waals surface area contributed by atoms with Gasteiger partial charge in [-0.05, 0) is 42.3 Å². The van der Waals surface area contributed by atoms with Crippen molar-refractivity contribution in [3.05, 3.63) is 78.9 Å². The van der Waals surface area contributed by atoms with Gasteiger partial charge in [-0.2, -0.15) is 0 Å². The van der Waals surface area contributed by atoms with E-state index in [0.717, 1.165) is 54.4 Å². The van der Waals surface area contributed by atoms with E-state index < -0.39 is 0 Å². The van der Waals surface area contributed by atoms with Crippen molar-refractivity contribution < 1.29 is 0 Å². The summed E-state index contributed by atoms with van der Waals surface area (Å²) in [6.45, 7) is 21.2. The first-order chi connectivity index (χ1) is 13.5. The predicted octanol–water partition coefficient (Wildman–Crippen LogP) is 4.60. The lowest BCUT2D eigenvalue weighted by Crippen LogP contribution is -2.45. The van der Waals surface area contributed by atoms with Crippen molar-refractivity contribution in [1.29, 1.82) is 0 Å². The number of benzene rings is 2. The normalized spacial score (nSPS) is 14.8. The summed E-state index contributed by atoms with van der Waals surface area (Å²) in [5, 5.41) is 3.35. The second-order valence-electron chi connectivity index (χ2n) is 7.08. The monoisotopic (exact) mass is 378 g/mol. The standard InChI is InChI=1S/C22H30N4.C2H4/c1-4-25-11-13-26(14-12-25)16-19-6-8-20(9-7-19)18(3)24-21-10-5-17(2)22(23)15-21;1-2/h5-10,15,24H,3-4,11-14,16,23H2,1-2H3;1-2H2. The van der Waals surface area contributed by atoms with E-state index in [-0.39, 0.29) is 0 Å². The topological polar surface area (TPSA) is 44.5 Å². The Balaban J connectivity index is 0.00000136. The van der Waals surface area contributed by atoms with Crippen LogP contribution in [0.4, 0.5) is 11.4 Å². The van der Waals surface area contributed by atoms with Crippen LogP contribution in [-0.4, -0.2) is 42.5 Å². The number of aryl methyl sites for hydroxylation is 1. The van der Waals surface area contributed by atoms with Gasteiger partial charge in [0.15, 0.2) is 0 Å². The van der Waals surface area contributed by atoms with Gasteiger partial charge in [0.25, 0.3) is 0 Å². The van der Waals surface area contributed by atoms with Crippen LogP contribution in [0.5, 0.6) is 0 Å². The van der Waals surface area contributed by atoms with Crippen LogP contribution < -0.4 is 11.1 Å². The molecule has 0 saturated carbocycles. The molecular formula is C24H34N4. The Hall–Kier alpha value is -2.56. The van der Waals surface area contributed by atoms with Gasteiger partial charge < -0.3 is 16.0 Å². The molecule has 2 aromatic carbocycles. The number of rotatable bonds is 6. The molecule has 1 saturated heterocycles. The Bertz CT molecular complexity index is 759. The molecule has 0 aliphatic carbocycles. The third-order valence-corrected chi connectivity index (χ3v) is 5.20. The zero-order chi connectivity index (χ0) is 20.5. The van der Waals surface area contributed by atoms with Crippen LogP contribution in [0.1, 0.15) is 23.6 Å². The molecule has 0 atom stereocenters. The highest BCUT2D eigenvalue weighted by molar-refractivity contribution is 5.76. The minimum Gasteiger partial charge on any atom is -0.398 e. The first-order valence-corrected chi connectivity index (χ1v) is 9.91. The van der Waals surface area contributed by atoms with E-state index >= 15 is 0 Å². The number of nitrogens with zero attached hydrogens (tertiary/aromatic N) is 2. The van der Waals surface area contributed by atoms with Gasteiger partial charge in [-0.25, -0.2) is 0 Å². The third kappa shape index (κ3) is 5.98. The van der Waals surface area contributed by atoms with E-state index in [0.29, 0.717) is 0 Å². The van der Waals surface area contributed by atoms with Crippen molar-refractivity contribution in [3.8, 4) is 0 Å². The van der Waals surface area contributed by atoms with Gasteiger partial charge in [0.05, 0.1) is 0 Å². The van der Waals surface area contributed by atoms with Gasteiger partial charge in [-0.15, -0.1) is 13.2 Å². The summed E-state index contributed by atoms with van der Waals surface area (Å²) in [5.41, 5.74) is 12.2. The Morgan fingerprint density at radius 2 is 1.61 bits per heavy atom. The van der Waals surface area contributed by atoms with E-state index in [1.54, 1.807) is 0 Å². The largest absolute Gasteiger partial charge is 0.398 e. The predicted molar refractivity (Wildman–Crippen MR) is 123 cm³/mol. The molecule has 1 heterocycles. The van der Waals surface area contributed by atoms with Gasteiger partial charge in [0.2, 0.25) is 0 Å². The summed E-state index contributed by atoms with van der Waals surface area (Å²) in [6, 6.07) is 14.7. The van der Waals surface area contributed by atoms with Gasteiger partial charge in [-0.3, -0.25) is 4.90 Å². The Morgan fingerprint density at radius 1 is 1.00 bits per heavy atom. The number of hydrogen-bond acceptors (Lipinski definition) is 4. The SMILES string of the molecule is C=C.C=C(Nc1ccc(C)c(N)c1)c1ccc(CN2CCN(CC)CC2)cc1. The highest BCUT2D eigenvalue weighted by atomic mass is 15.3. The van der Waals surface area contributed by atoms with Crippen LogP contribution in [0.2, 0.25) is 0 Å². The molecule has 4 nitrogen and oxygen atoms in total. The van der Waals surface area contributed by atoms with Crippen molar-refractivity contribution >= 4 is 17.1 Å². The van der Waals surface area contributed by atoms with E-state index in [2.05, 4.69) is 66.0 Å². The zero-order valence-electron chi connectivity index (χ0n) is 17.4. The Kier molecular flexibility index (Phi) is 8.30. The van der Waals surface area contributed by atoms with Gasteiger partial charge in [0.1, 0.15) is 0 Å². The molecule has 28 heavy (non-hydrogen) atoms. The highest BCUT2D eigenvalue weighted by Crippen LogP contribution is 2.22. The molecular weight excluding hydrogens is 344 g/mol. The number of anilines is 2. The van der Waals surface area contributed by atoms with E-state index in [4.69, 9.17) is 5.73 Å². The summed E-state index contributed by atoms with van der Waals surface area (Å²) < 4.78 is 0. The minimum absolute atomic E-state index is 0.793. The molecule has 0 radical (unpaired) electrons. The van der Waals surface area contributed by atoms with Crippen molar-refractivity contribution in [3.63, 3.8) is 0 Å². The van der Waals surface area contributed by atoms with Crippen LogP contribution in [0.25, 0.3) is 5.70 Å². The first-order valence-electron chi connectivity index (χ1n) is 9.91. The van der Waals surface area contributed by atoms with Crippen LogP contribution in [0.3, 0.4) is 0 Å². The molecule has 0 amide bonds. The average Bonchev–Trinajstić information content (AvgIpc) is 2.73. The zero-order valence-corrected chi connectivity index (χ0v) is 17.4. The number of piperazine rings is 1. The molecule has 150 valence electrons. The lowest BCUT2D eigenvalue weighted by molar-refractivity contribution is 0.132. The van der Waals surface area contributed by atoms with Crippen LogP contribution in [0.15, 0.2) is 62.2 Å². The second-order valence-corrected chi connectivity index (χ2v) is 7.08. The van der Waals surface area contributed by atoms with Crippen molar-refractivity contribution in [2.24, 2.45) is 0 Å². The van der Waals surface area contributed by atoms with Crippen molar-refractivity contribution in [2.75, 3.05) is 43.8 Å². The summed E-state index contributed by atoms with van der Waals surface area (Å²) >= 11 is 0. The molecule has 1 fully saturated rings. The number of hydrogen-bond donors (Lipinski definition) is 2. The molecule has 0 spiro atoms. The summed E-state index contributed by atoms with van der Waals surface area (Å²) in [7, 11) is 0. The number of nitrogen functional groups attached to an aromatic ring is 1. The summed E-state index contributed by atoms with van der Waals surface area (Å²) in [5.74, 6) is 0. The number of likely N-dealkylation sites (N-methyl/N-ethyl adjacent to an activating group) is 1. The Labute approximate surface area is 170 Å². The Morgan fingerprint density at radius 3 is 2.18 bits per heavy atom. The van der Waals surface area contributed by atoms with E-state index in [1.807, 2.05) is 25.1 Å². The maximum Gasteiger partial charge on any atom is 0.0405 e. The quantitative estimate of drug-likeness (QED) is 0.570. The third-order valence-electron chi connectivity index (χ3n) is 5.20. The summed E-state index contributed by atoms with van der Waals surface area (Å²) in [6.07, 6.45) is 0. The lowest BCUT2D eigenvalue weighted by Gasteiger charge is -2.34. The molecule has 0 aromatic heterocycles. The number of nitrogens with one attached hydrogen (secondary N) is 1. The molecule has 3 N–H and O–H groups in total. The van der Waals surface area contributed by atoms with Crippen molar-refractivity contribution in [2.45, 2.75) is 20.4 Å². The van der Waals surface area contributed by atoms with Crippen LogP contribution in [-0.2, 0) is 6.54 Å². The molecule has 1 aliphatic rings. The van der Waals surface area contributed by atoms with Gasteiger partial charge in [0, 0.05) is 49.8 Å². The summed E-state index contributed by atoms with van der Waals surface area (Å²) in [4.78, 5) is 5.04. The molecule has 1 aliphatic heterocycles. The van der Waals surface area contributed by atoms with Gasteiger partial charge in [-0.1, -0.05) is 43.8 Å². The highest BCUT2D eigenvalue weighted by Gasteiger charge is 2.15. The second kappa shape index (κ2) is 10.7. The smallest absolute Gasteiger partial charge is 0.0405 e. The van der Waals surface area contributed by atoms with Crippen LogP contribution >= 0.6 is 0 Å². The maximum atomic E-state index is 5.98. The van der Waals surface area contributed by atoms with E-state index in [9.17, 15) is 0 Å². The van der Waals surface area contributed by atoms with E-state index in [1.165, 1.54) is 18.7 Å². The molecule has 3 rings (SSSR count). The number of nitrogens with two attached hydrogens (primary N) is 1. The fraction of sp³-hybridized carbons (Fsp3) is 0.333. The lowest BCUT2D eigenvalue weighted by atomic mass is 10.1. The molecule has 0 bridgehead atoms. The van der Waals surface area contributed by atoms with Gasteiger partial charge >= 0.3 is 0 Å². The molecule has 2 aromatic rings. The first kappa shape index (κ1) is 21.7. The molecule has 4 heteroatoms. The maximum absolute atomic E-state index is 5.98. The fourth-order valence-corrected chi connectivity index (χ4v) is 3.30. The minimum atomic E-state index is 0.793. The fourth-order valence-electron chi connectivity index (χ4n) is 3.30. The molecule has 0 unspecified atom stereocenters.